The zero-order chi connectivity index (χ0) is 22.3. The van der Waals surface area contributed by atoms with Gasteiger partial charge in [0, 0.05) is 36.8 Å². The minimum Gasteiger partial charge on any atom is -0.458 e. The van der Waals surface area contributed by atoms with Gasteiger partial charge >= 0.3 is 0 Å². The van der Waals surface area contributed by atoms with Gasteiger partial charge in [0.2, 0.25) is 0 Å². The summed E-state index contributed by atoms with van der Waals surface area (Å²) in [7, 11) is 1.00. The maximum Gasteiger partial charge on any atom is 0.130 e. The molecule has 2 aromatic rings. The Morgan fingerprint density at radius 1 is 1.25 bits per heavy atom. The maximum absolute atomic E-state index is 10.8. The highest BCUT2D eigenvalue weighted by Gasteiger charge is 2.22. The van der Waals surface area contributed by atoms with Crippen LogP contribution in [-0.4, -0.2) is 46.4 Å². The van der Waals surface area contributed by atoms with Crippen LogP contribution in [0.3, 0.4) is 0 Å². The number of thioether (sulfide) groups is 1. The number of nitrogens with zero attached hydrogens (tertiary/aromatic N) is 1. The van der Waals surface area contributed by atoms with Crippen molar-refractivity contribution in [2.24, 2.45) is 4.99 Å². The summed E-state index contributed by atoms with van der Waals surface area (Å²) in [5.41, 5.74) is 3.21. The first-order chi connectivity index (χ1) is 15.8. The topological polar surface area (TPSA) is 86.7 Å². The van der Waals surface area contributed by atoms with Crippen molar-refractivity contribution in [1.82, 2.24) is 4.98 Å². The van der Waals surface area contributed by atoms with Crippen LogP contribution in [0.4, 0.5) is 5.69 Å². The number of H-pyrrole nitrogens is 1. The third-order valence-electron chi connectivity index (χ3n) is 5.92. The Balaban J connectivity index is 0.00000119. The number of ether oxygens (including phenoxy) is 1. The predicted molar refractivity (Wildman–Crippen MR) is 133 cm³/mol. The van der Waals surface area contributed by atoms with E-state index in [1.54, 1.807) is 11.8 Å². The molecule has 5 rings (SSSR count). The lowest BCUT2D eigenvalue weighted by Crippen LogP contribution is -2.14. The van der Waals surface area contributed by atoms with Gasteiger partial charge < -0.3 is 24.9 Å². The van der Waals surface area contributed by atoms with Gasteiger partial charge in [-0.25, -0.2) is 0 Å². The van der Waals surface area contributed by atoms with Gasteiger partial charge in [0.05, 0.1) is 22.9 Å². The molecule has 170 valence electrons. The Kier molecular flexibility index (Phi) is 7.71. The minimum atomic E-state index is 0.0916. The first-order valence-electron chi connectivity index (χ1n) is 11.4. The molecule has 2 aliphatic carbocycles. The van der Waals surface area contributed by atoms with E-state index in [9.17, 15) is 4.79 Å². The molecule has 1 saturated carbocycles. The number of benzene rings is 1. The van der Waals surface area contributed by atoms with Crippen LogP contribution in [0, 0.1) is 0 Å². The Bertz CT molecular complexity index is 1030. The molecule has 0 radical (unpaired) electrons. The van der Waals surface area contributed by atoms with Crippen molar-refractivity contribution in [2.45, 2.75) is 57.0 Å². The van der Waals surface area contributed by atoms with E-state index in [2.05, 4.69) is 46.7 Å². The molecule has 0 bridgehead atoms. The number of carbonyl (C=O) groups is 1. The van der Waals surface area contributed by atoms with Crippen molar-refractivity contribution in [3.63, 3.8) is 0 Å². The number of nitrogens with one attached hydrogen (secondary N) is 2. The summed E-state index contributed by atoms with van der Waals surface area (Å²) in [6.07, 6.45) is 14.9. The van der Waals surface area contributed by atoms with Crippen molar-refractivity contribution >= 4 is 39.7 Å². The molecule has 3 N–H and O–H groups in total. The van der Waals surface area contributed by atoms with Crippen LogP contribution in [0.2, 0.25) is 0 Å². The second-order valence-electron chi connectivity index (χ2n) is 8.23. The summed E-state index contributed by atoms with van der Waals surface area (Å²) < 4.78 is 6.20. The molecule has 0 saturated heterocycles. The molecule has 0 amide bonds. The lowest BCUT2D eigenvalue weighted by atomic mass is 10.1. The van der Waals surface area contributed by atoms with E-state index >= 15 is 0 Å². The van der Waals surface area contributed by atoms with Crippen LogP contribution in [0.15, 0.2) is 47.2 Å². The number of allylic oxidation sites excluding steroid dienone is 3. The largest absolute Gasteiger partial charge is 0.458 e. The summed E-state index contributed by atoms with van der Waals surface area (Å²) in [5.74, 6) is 2.63. The highest BCUT2D eigenvalue weighted by molar-refractivity contribution is 8.14. The van der Waals surface area contributed by atoms with Crippen LogP contribution in [0.1, 0.15) is 50.6 Å². The molecule has 7 heteroatoms. The molecule has 1 unspecified atom stereocenters. The third-order valence-corrected chi connectivity index (χ3v) is 7.07. The molecule has 2 heterocycles. The van der Waals surface area contributed by atoms with Crippen molar-refractivity contribution in [3.05, 3.63) is 47.9 Å². The number of carbonyl (C=O) groups excluding carboxylic acids is 1. The Morgan fingerprint density at radius 3 is 2.84 bits per heavy atom. The summed E-state index contributed by atoms with van der Waals surface area (Å²) in [4.78, 5) is 19.2. The Morgan fingerprint density at radius 2 is 2.09 bits per heavy atom. The van der Waals surface area contributed by atoms with Crippen LogP contribution in [0.25, 0.3) is 10.9 Å². The molecule has 3 aliphatic rings. The van der Waals surface area contributed by atoms with E-state index in [-0.39, 0.29) is 6.04 Å². The van der Waals surface area contributed by atoms with E-state index in [4.69, 9.17) is 14.8 Å². The van der Waals surface area contributed by atoms with Crippen molar-refractivity contribution < 1.29 is 14.6 Å². The van der Waals surface area contributed by atoms with Gasteiger partial charge in [-0.2, -0.15) is 0 Å². The first kappa shape index (κ1) is 22.7. The standard InChI is InChI=1S/C24H27N3O2S.CH4O/c28-11-10-18-15-30-24(26-18)22-13-16-12-20(29-19-8-2-1-3-9-19)14-21(23(16)27-22)25-17-6-4-5-7-17;1-2/h2,8-9,11-14,17-18,25,27H,1,3-7,10,15H2;2H,1H3. The lowest BCUT2D eigenvalue weighted by Gasteiger charge is -2.16. The van der Waals surface area contributed by atoms with Crippen LogP contribution < -0.4 is 10.1 Å². The van der Waals surface area contributed by atoms with Gasteiger partial charge in [-0.3, -0.25) is 4.99 Å². The molecular weight excluding hydrogens is 422 g/mol. The quantitative estimate of drug-likeness (QED) is 0.502. The third kappa shape index (κ3) is 5.27. The van der Waals surface area contributed by atoms with Crippen LogP contribution in [0.5, 0.6) is 5.75 Å². The summed E-state index contributed by atoms with van der Waals surface area (Å²) in [6.45, 7) is 0. The fourth-order valence-corrected chi connectivity index (χ4v) is 5.44. The molecule has 1 atom stereocenters. The molecule has 1 fully saturated rings. The molecular formula is C25H31N3O3S. The first-order valence-corrected chi connectivity index (χ1v) is 12.3. The lowest BCUT2D eigenvalue weighted by molar-refractivity contribution is -0.108. The normalized spacial score (nSPS) is 20.5. The van der Waals surface area contributed by atoms with E-state index in [1.165, 1.54) is 25.7 Å². The minimum absolute atomic E-state index is 0.0916. The SMILES string of the molecule is CO.O=CCC1CSC(c2cc3cc(OC4=CCCC=C4)cc(NC4CCCC4)c3[nH]2)=N1. The molecule has 32 heavy (non-hydrogen) atoms. The molecule has 1 aliphatic heterocycles. The van der Waals surface area contributed by atoms with E-state index in [1.807, 2.05) is 0 Å². The zero-order valence-corrected chi connectivity index (χ0v) is 19.3. The molecule has 1 aromatic heterocycles. The summed E-state index contributed by atoms with van der Waals surface area (Å²) in [5, 5.41) is 12.9. The summed E-state index contributed by atoms with van der Waals surface area (Å²) in [6, 6.07) is 6.97. The average Bonchev–Trinajstić information content (AvgIpc) is 3.57. The van der Waals surface area contributed by atoms with Gasteiger partial charge in [0.25, 0.3) is 0 Å². The number of anilines is 1. The van der Waals surface area contributed by atoms with Crippen LogP contribution in [-0.2, 0) is 4.79 Å². The molecule has 0 spiro atoms. The Labute approximate surface area is 193 Å². The second-order valence-corrected chi connectivity index (χ2v) is 9.24. The van der Waals surface area contributed by atoms with Crippen LogP contribution >= 0.6 is 11.8 Å². The smallest absolute Gasteiger partial charge is 0.130 e. The Hall–Kier alpha value is -2.51. The number of aromatic nitrogens is 1. The molecule has 6 nitrogen and oxygen atoms in total. The van der Waals surface area contributed by atoms with Gasteiger partial charge in [0.15, 0.2) is 0 Å². The van der Waals surface area contributed by atoms with Crippen molar-refractivity contribution in [2.75, 3.05) is 18.2 Å². The number of hydrogen-bond donors (Lipinski definition) is 3. The number of hydrogen-bond acceptors (Lipinski definition) is 6. The number of fused-ring (bicyclic) bond motifs is 1. The average molecular weight is 454 g/mol. The fourth-order valence-electron chi connectivity index (χ4n) is 4.39. The monoisotopic (exact) mass is 453 g/mol. The number of aromatic amines is 1. The van der Waals surface area contributed by atoms with Crippen molar-refractivity contribution in [1.29, 1.82) is 0 Å². The highest BCUT2D eigenvalue weighted by atomic mass is 32.2. The van der Waals surface area contributed by atoms with Gasteiger partial charge in [0.1, 0.15) is 22.8 Å². The van der Waals surface area contributed by atoms with E-state index < -0.39 is 0 Å². The number of aliphatic hydroxyl groups is 1. The van der Waals surface area contributed by atoms with Gasteiger partial charge in [-0.15, -0.1) is 11.8 Å². The number of aliphatic hydroxyl groups excluding tert-OH is 1. The zero-order valence-electron chi connectivity index (χ0n) is 18.5. The summed E-state index contributed by atoms with van der Waals surface area (Å²) >= 11 is 1.72. The maximum atomic E-state index is 10.8. The highest BCUT2D eigenvalue weighted by Crippen LogP contribution is 2.35. The number of aliphatic imine (C=N–C) groups is 1. The number of aldehydes is 1. The van der Waals surface area contributed by atoms with Gasteiger partial charge in [-0.05, 0) is 50.0 Å². The fraction of sp³-hybridized carbons (Fsp3) is 0.440. The van der Waals surface area contributed by atoms with E-state index in [0.29, 0.717) is 12.5 Å². The predicted octanol–water partition coefficient (Wildman–Crippen LogP) is 5.19. The second kappa shape index (κ2) is 10.9. The number of rotatable bonds is 7. The van der Waals surface area contributed by atoms with Crippen molar-refractivity contribution in [3.8, 4) is 5.75 Å². The molecule has 1 aromatic carbocycles. The van der Waals surface area contributed by atoms with Gasteiger partial charge in [-0.1, -0.05) is 18.9 Å². The van der Waals surface area contributed by atoms with E-state index in [0.717, 1.165) is 70.8 Å².